The molecule has 2 N–H and O–H groups in total. The van der Waals surface area contributed by atoms with E-state index in [0.29, 0.717) is 28.3 Å². The molecule has 0 bridgehead atoms. The summed E-state index contributed by atoms with van der Waals surface area (Å²) in [5.41, 5.74) is 4.03. The lowest BCUT2D eigenvalue weighted by molar-refractivity contribution is -0.122. The zero-order valence-electron chi connectivity index (χ0n) is 17.1. The number of halogens is 1. The van der Waals surface area contributed by atoms with Crippen molar-refractivity contribution in [2.75, 3.05) is 7.05 Å². The van der Waals surface area contributed by atoms with Gasteiger partial charge in [0.1, 0.15) is 0 Å². The number of nitrogens with zero attached hydrogens (tertiary/aromatic N) is 1. The number of imide groups is 1. The highest BCUT2D eigenvalue weighted by Crippen LogP contribution is 2.41. The normalized spacial score (nSPS) is 14.2. The Bertz CT molecular complexity index is 1430. The predicted octanol–water partition coefficient (Wildman–Crippen LogP) is 4.27. The molecular formula is C25H20ClN3O2. The Labute approximate surface area is 184 Å². The van der Waals surface area contributed by atoms with Gasteiger partial charge in [-0.05, 0) is 41.6 Å². The summed E-state index contributed by atoms with van der Waals surface area (Å²) in [4.78, 5) is 26.0. The van der Waals surface area contributed by atoms with E-state index in [1.54, 1.807) is 6.07 Å². The van der Waals surface area contributed by atoms with E-state index in [1.807, 2.05) is 73.4 Å². The quantitative estimate of drug-likeness (QED) is 0.476. The third-order valence-electron chi connectivity index (χ3n) is 5.76. The Kier molecular flexibility index (Phi) is 4.65. The van der Waals surface area contributed by atoms with Crippen LogP contribution in [-0.2, 0) is 23.2 Å². The number of aryl methyl sites for hydroxylation is 1. The van der Waals surface area contributed by atoms with Crippen LogP contribution in [0.15, 0.2) is 60.8 Å². The van der Waals surface area contributed by atoms with Crippen LogP contribution in [0.1, 0.15) is 16.7 Å². The monoisotopic (exact) mass is 429 g/mol. The molecule has 1 aliphatic heterocycles. The van der Waals surface area contributed by atoms with E-state index in [1.165, 1.54) is 0 Å². The zero-order valence-corrected chi connectivity index (χ0v) is 17.9. The van der Waals surface area contributed by atoms with E-state index in [9.17, 15) is 9.59 Å². The van der Waals surface area contributed by atoms with Crippen molar-refractivity contribution in [1.82, 2.24) is 15.2 Å². The standard InChI is InChI=1S/C25H20ClN3O2/c1-27-12-14-7-8-15-9-10-19(26)21(17(15)11-14)23-22(24(30)28-25(23)31)18-13-29(2)20-6-4-3-5-16(18)20/h3-11,13,27H,12H2,1-2H3,(H,28,30,31). The van der Waals surface area contributed by atoms with E-state index in [-0.39, 0.29) is 0 Å². The van der Waals surface area contributed by atoms with E-state index in [0.717, 1.165) is 32.8 Å². The lowest BCUT2D eigenvalue weighted by atomic mass is 9.91. The molecular weight excluding hydrogens is 410 g/mol. The van der Waals surface area contributed by atoms with Crippen LogP contribution in [0.4, 0.5) is 0 Å². The average Bonchev–Trinajstić information content (AvgIpc) is 3.23. The summed E-state index contributed by atoms with van der Waals surface area (Å²) in [5.74, 6) is -0.836. The molecule has 1 aromatic heterocycles. The van der Waals surface area contributed by atoms with Crippen molar-refractivity contribution in [3.8, 4) is 0 Å². The number of hydrogen-bond donors (Lipinski definition) is 2. The number of benzene rings is 3. The lowest BCUT2D eigenvalue weighted by Crippen LogP contribution is -2.22. The van der Waals surface area contributed by atoms with Gasteiger partial charge in [-0.2, -0.15) is 0 Å². The fourth-order valence-electron chi connectivity index (χ4n) is 4.40. The zero-order chi connectivity index (χ0) is 21.7. The van der Waals surface area contributed by atoms with Crippen LogP contribution >= 0.6 is 11.6 Å². The molecule has 2 amide bonds. The SMILES string of the molecule is CNCc1ccc2ccc(Cl)c(C3=C(c4cn(C)c5ccccc45)C(=O)NC3=O)c2c1. The molecule has 6 heteroatoms. The largest absolute Gasteiger partial charge is 0.350 e. The highest BCUT2D eigenvalue weighted by atomic mass is 35.5. The summed E-state index contributed by atoms with van der Waals surface area (Å²) in [5, 5.41) is 8.78. The molecule has 3 aromatic carbocycles. The van der Waals surface area contributed by atoms with Gasteiger partial charge in [-0.15, -0.1) is 0 Å². The van der Waals surface area contributed by atoms with Gasteiger partial charge in [0, 0.05) is 46.8 Å². The van der Waals surface area contributed by atoms with Crippen LogP contribution < -0.4 is 10.6 Å². The van der Waals surface area contributed by atoms with Crippen LogP contribution in [0.25, 0.3) is 32.8 Å². The second-order valence-corrected chi connectivity index (χ2v) is 8.12. The second kappa shape index (κ2) is 7.38. The fraction of sp³-hybridized carbons (Fsp3) is 0.120. The van der Waals surface area contributed by atoms with Crippen molar-refractivity contribution in [2.45, 2.75) is 6.54 Å². The minimum absolute atomic E-state index is 0.318. The molecule has 0 atom stereocenters. The molecule has 5 rings (SSSR count). The number of amides is 2. The van der Waals surface area contributed by atoms with Gasteiger partial charge >= 0.3 is 0 Å². The highest BCUT2D eigenvalue weighted by Gasteiger charge is 2.35. The Morgan fingerprint density at radius 1 is 0.968 bits per heavy atom. The van der Waals surface area contributed by atoms with E-state index >= 15 is 0 Å². The number of fused-ring (bicyclic) bond motifs is 2. The van der Waals surface area contributed by atoms with Gasteiger partial charge in [-0.25, -0.2) is 0 Å². The summed E-state index contributed by atoms with van der Waals surface area (Å²) < 4.78 is 1.96. The molecule has 154 valence electrons. The van der Waals surface area contributed by atoms with Gasteiger partial charge in [0.05, 0.1) is 11.1 Å². The summed E-state index contributed by atoms with van der Waals surface area (Å²) in [7, 11) is 3.81. The molecule has 0 fully saturated rings. The third-order valence-corrected chi connectivity index (χ3v) is 6.08. The molecule has 31 heavy (non-hydrogen) atoms. The van der Waals surface area contributed by atoms with Crippen molar-refractivity contribution in [3.63, 3.8) is 0 Å². The Balaban J connectivity index is 1.87. The first-order chi connectivity index (χ1) is 15.0. The second-order valence-electron chi connectivity index (χ2n) is 7.71. The van der Waals surface area contributed by atoms with Gasteiger partial charge in [0.2, 0.25) is 0 Å². The number of rotatable bonds is 4. The summed E-state index contributed by atoms with van der Waals surface area (Å²) in [6, 6.07) is 17.6. The lowest BCUT2D eigenvalue weighted by Gasteiger charge is -2.12. The molecule has 1 aliphatic rings. The van der Waals surface area contributed by atoms with Crippen molar-refractivity contribution in [3.05, 3.63) is 82.5 Å². The number of aromatic nitrogens is 1. The van der Waals surface area contributed by atoms with Gasteiger partial charge in [0.15, 0.2) is 0 Å². The van der Waals surface area contributed by atoms with Crippen molar-refractivity contribution < 1.29 is 9.59 Å². The van der Waals surface area contributed by atoms with Gasteiger partial charge < -0.3 is 9.88 Å². The number of carbonyl (C=O) groups is 2. The molecule has 0 saturated heterocycles. The molecule has 5 nitrogen and oxygen atoms in total. The van der Waals surface area contributed by atoms with E-state index in [4.69, 9.17) is 11.6 Å². The molecule has 0 saturated carbocycles. The molecule has 0 aliphatic carbocycles. The van der Waals surface area contributed by atoms with Gasteiger partial charge in [-0.3, -0.25) is 14.9 Å². The first-order valence-corrected chi connectivity index (χ1v) is 10.4. The van der Waals surface area contributed by atoms with E-state index < -0.39 is 11.8 Å². The van der Waals surface area contributed by atoms with Crippen molar-refractivity contribution in [2.24, 2.45) is 7.05 Å². The fourth-order valence-corrected chi connectivity index (χ4v) is 4.66. The number of nitrogens with one attached hydrogen (secondary N) is 2. The maximum absolute atomic E-state index is 13.1. The minimum Gasteiger partial charge on any atom is -0.350 e. The summed E-state index contributed by atoms with van der Waals surface area (Å²) in [6.07, 6.45) is 1.89. The average molecular weight is 430 g/mol. The topological polar surface area (TPSA) is 63.1 Å². The number of para-hydroxylation sites is 1. The number of hydrogen-bond acceptors (Lipinski definition) is 3. The minimum atomic E-state index is -0.429. The number of carbonyl (C=O) groups excluding carboxylic acids is 2. The Morgan fingerprint density at radius 2 is 1.71 bits per heavy atom. The molecule has 0 spiro atoms. The smallest absolute Gasteiger partial charge is 0.259 e. The van der Waals surface area contributed by atoms with Crippen LogP contribution in [0.5, 0.6) is 0 Å². The van der Waals surface area contributed by atoms with Crippen LogP contribution in [0.3, 0.4) is 0 Å². The van der Waals surface area contributed by atoms with Crippen LogP contribution in [0.2, 0.25) is 5.02 Å². The van der Waals surface area contributed by atoms with Crippen molar-refractivity contribution >= 4 is 56.2 Å². The van der Waals surface area contributed by atoms with Crippen molar-refractivity contribution in [1.29, 1.82) is 0 Å². The maximum atomic E-state index is 13.1. The Hall–Kier alpha value is -3.41. The van der Waals surface area contributed by atoms with Gasteiger partial charge in [0.25, 0.3) is 11.8 Å². The van der Waals surface area contributed by atoms with Crippen LogP contribution in [0, 0.1) is 0 Å². The highest BCUT2D eigenvalue weighted by molar-refractivity contribution is 6.52. The predicted molar refractivity (Wildman–Crippen MR) is 125 cm³/mol. The molecule has 0 radical (unpaired) electrons. The third kappa shape index (κ3) is 3.05. The van der Waals surface area contributed by atoms with E-state index in [2.05, 4.69) is 10.6 Å². The molecule has 4 aromatic rings. The first-order valence-electron chi connectivity index (χ1n) is 10.00. The summed E-state index contributed by atoms with van der Waals surface area (Å²) >= 11 is 6.66. The summed E-state index contributed by atoms with van der Waals surface area (Å²) in [6.45, 7) is 0.683. The first kappa shape index (κ1) is 19.5. The van der Waals surface area contributed by atoms with Gasteiger partial charge in [-0.1, -0.05) is 48.0 Å². The molecule has 2 heterocycles. The molecule has 0 unspecified atom stereocenters. The Morgan fingerprint density at radius 3 is 2.52 bits per heavy atom. The maximum Gasteiger partial charge on any atom is 0.259 e. The van der Waals surface area contributed by atoms with Crippen LogP contribution in [-0.4, -0.2) is 23.4 Å².